The summed E-state index contributed by atoms with van der Waals surface area (Å²) in [6, 6.07) is 9.24. The Morgan fingerprint density at radius 3 is 2.62 bits per heavy atom. The summed E-state index contributed by atoms with van der Waals surface area (Å²) in [7, 11) is 0. The third-order valence-corrected chi connectivity index (χ3v) is 5.52. The molecule has 0 saturated carbocycles. The van der Waals surface area contributed by atoms with Crippen LogP contribution in [0.5, 0.6) is 0 Å². The van der Waals surface area contributed by atoms with Crippen LogP contribution in [-0.2, 0) is 4.74 Å². The number of hydrogen-bond donors (Lipinski definition) is 3. The van der Waals surface area contributed by atoms with E-state index in [1.807, 2.05) is 30.3 Å². The third kappa shape index (κ3) is 4.21. The van der Waals surface area contributed by atoms with Crippen LogP contribution >= 0.6 is 23.6 Å². The molecule has 3 aromatic rings. The molecular formula is C18H18N6O3S2. The highest BCUT2D eigenvalue weighted by Gasteiger charge is 2.19. The predicted octanol–water partition coefficient (Wildman–Crippen LogP) is 1.90. The number of thiazole rings is 1. The van der Waals surface area contributed by atoms with Crippen LogP contribution < -0.4 is 15.8 Å². The molecule has 0 spiro atoms. The van der Waals surface area contributed by atoms with Crippen molar-refractivity contribution in [2.45, 2.75) is 0 Å². The van der Waals surface area contributed by atoms with E-state index in [1.54, 1.807) is 9.95 Å². The number of carbonyl (C=O) groups excluding carboxylic acids is 2. The molecule has 3 N–H and O–H groups in total. The predicted molar refractivity (Wildman–Crippen MR) is 111 cm³/mol. The van der Waals surface area contributed by atoms with Gasteiger partial charge in [0.05, 0.1) is 13.2 Å². The first-order valence-corrected chi connectivity index (χ1v) is 10.2. The molecule has 4 rings (SSSR count). The van der Waals surface area contributed by atoms with E-state index >= 15 is 0 Å². The molecule has 0 aliphatic carbocycles. The molecule has 29 heavy (non-hydrogen) atoms. The smallest absolute Gasteiger partial charge is 0.289 e. The molecule has 0 bridgehead atoms. The first-order chi connectivity index (χ1) is 14.1. The number of morpholine rings is 1. The number of nitrogens with one attached hydrogen (secondary N) is 3. The lowest BCUT2D eigenvalue weighted by atomic mass is 10.3. The highest BCUT2D eigenvalue weighted by atomic mass is 32.1. The molecule has 1 aliphatic rings. The van der Waals surface area contributed by atoms with Crippen molar-refractivity contribution in [3.8, 4) is 5.69 Å². The molecule has 11 heteroatoms. The summed E-state index contributed by atoms with van der Waals surface area (Å²) in [4.78, 5) is 34.2. The summed E-state index contributed by atoms with van der Waals surface area (Å²) in [6.07, 6.45) is 1.50. The molecular weight excluding hydrogens is 412 g/mol. The van der Waals surface area contributed by atoms with Crippen LogP contribution in [0.1, 0.15) is 21.0 Å². The zero-order valence-electron chi connectivity index (χ0n) is 15.3. The van der Waals surface area contributed by atoms with Crippen molar-refractivity contribution in [3.63, 3.8) is 0 Å². The number of aromatic nitrogens is 3. The summed E-state index contributed by atoms with van der Waals surface area (Å²) < 4.78 is 7.29. The maximum atomic E-state index is 12.6. The fourth-order valence-electron chi connectivity index (χ4n) is 2.88. The maximum Gasteiger partial charge on any atom is 0.289 e. The second-order valence-electron chi connectivity index (χ2n) is 6.17. The average molecular weight is 431 g/mol. The molecule has 1 saturated heterocycles. The van der Waals surface area contributed by atoms with Crippen LogP contribution in [0, 0.1) is 4.77 Å². The van der Waals surface area contributed by atoms with Gasteiger partial charge >= 0.3 is 0 Å². The van der Waals surface area contributed by atoms with Gasteiger partial charge in [-0.2, -0.15) is 0 Å². The lowest BCUT2D eigenvalue weighted by Gasteiger charge is -2.25. The minimum atomic E-state index is -0.502. The number of H-pyrrole nitrogens is 1. The van der Waals surface area contributed by atoms with E-state index in [-0.39, 0.29) is 11.4 Å². The van der Waals surface area contributed by atoms with E-state index in [0.29, 0.717) is 18.0 Å². The minimum absolute atomic E-state index is 0.241. The van der Waals surface area contributed by atoms with Gasteiger partial charge in [0.25, 0.3) is 11.8 Å². The van der Waals surface area contributed by atoms with E-state index in [2.05, 4.69) is 25.7 Å². The number of carbonyl (C=O) groups is 2. The van der Waals surface area contributed by atoms with Gasteiger partial charge in [-0.15, -0.1) is 11.3 Å². The van der Waals surface area contributed by atoms with Crippen molar-refractivity contribution in [1.29, 1.82) is 0 Å². The van der Waals surface area contributed by atoms with Gasteiger partial charge in [-0.3, -0.25) is 25.0 Å². The molecule has 1 aliphatic heterocycles. The van der Waals surface area contributed by atoms with E-state index in [9.17, 15) is 9.59 Å². The maximum absolute atomic E-state index is 12.6. The molecule has 0 radical (unpaired) electrons. The highest BCUT2D eigenvalue weighted by Crippen LogP contribution is 2.21. The monoisotopic (exact) mass is 430 g/mol. The average Bonchev–Trinajstić information content (AvgIpc) is 3.40. The van der Waals surface area contributed by atoms with Crippen LogP contribution in [-0.4, -0.2) is 52.7 Å². The number of nitrogens with zero attached hydrogens (tertiary/aromatic N) is 3. The fraction of sp³-hybridized carbons (Fsp3) is 0.222. The quantitative estimate of drug-likeness (QED) is 0.431. The van der Waals surface area contributed by atoms with E-state index in [0.717, 1.165) is 23.9 Å². The number of anilines is 1. The lowest BCUT2D eigenvalue weighted by Crippen LogP contribution is -2.42. The second-order valence-corrected chi connectivity index (χ2v) is 7.40. The number of para-hydroxylation sites is 1. The van der Waals surface area contributed by atoms with Crippen LogP contribution in [0.15, 0.2) is 41.9 Å². The Balaban J connectivity index is 1.42. The SMILES string of the molecule is O=C(NNC(=O)c1c[nH]c(=S)n1-c1ccccc1)c1csc(N2CCOCC2)n1. The van der Waals surface area contributed by atoms with E-state index in [4.69, 9.17) is 17.0 Å². The van der Waals surface area contributed by atoms with Gasteiger partial charge in [-0.1, -0.05) is 18.2 Å². The zero-order chi connectivity index (χ0) is 20.2. The Labute approximate surface area is 175 Å². The standard InChI is InChI=1S/C18H18N6O3S2/c25-15(13-11-29-18(20-13)23-6-8-27-9-7-23)21-22-16(26)14-10-19-17(28)24(14)12-4-2-1-3-5-12/h1-5,10-11H,6-9H2,(H,19,28)(H,21,25)(H,22,26). The molecule has 0 atom stereocenters. The molecule has 2 amide bonds. The van der Waals surface area contributed by atoms with Gasteiger partial charge in [0.2, 0.25) is 0 Å². The normalized spacial score (nSPS) is 13.9. The summed E-state index contributed by atoms with van der Waals surface area (Å²) >= 11 is 6.65. The van der Waals surface area contributed by atoms with Crippen LogP contribution in [0.3, 0.4) is 0 Å². The summed E-state index contributed by atoms with van der Waals surface area (Å²) in [5.74, 6) is -0.993. The topological polar surface area (TPSA) is 104 Å². The van der Waals surface area contributed by atoms with Crippen LogP contribution in [0.25, 0.3) is 5.69 Å². The van der Waals surface area contributed by atoms with Crippen molar-refractivity contribution in [2.24, 2.45) is 0 Å². The molecule has 1 aromatic carbocycles. The Kier molecular flexibility index (Phi) is 5.69. The number of hydrazine groups is 1. The van der Waals surface area contributed by atoms with Gasteiger partial charge in [-0.25, -0.2) is 4.98 Å². The van der Waals surface area contributed by atoms with E-state index < -0.39 is 11.8 Å². The summed E-state index contributed by atoms with van der Waals surface area (Å²) in [5, 5.41) is 2.42. The van der Waals surface area contributed by atoms with Gasteiger partial charge in [-0.05, 0) is 24.4 Å². The molecule has 2 aromatic heterocycles. The van der Waals surface area contributed by atoms with Crippen molar-refractivity contribution in [2.75, 3.05) is 31.2 Å². The van der Waals surface area contributed by atoms with Crippen LogP contribution in [0.2, 0.25) is 0 Å². The first-order valence-electron chi connectivity index (χ1n) is 8.88. The van der Waals surface area contributed by atoms with Gasteiger partial charge < -0.3 is 14.6 Å². The number of benzene rings is 1. The lowest BCUT2D eigenvalue weighted by molar-refractivity contribution is 0.0840. The van der Waals surface area contributed by atoms with Gasteiger partial charge in [0.1, 0.15) is 11.4 Å². The number of hydrogen-bond acceptors (Lipinski definition) is 7. The molecule has 150 valence electrons. The number of imidazole rings is 1. The number of rotatable bonds is 4. The Morgan fingerprint density at radius 1 is 1.14 bits per heavy atom. The Bertz CT molecular complexity index is 1070. The number of aromatic amines is 1. The first kappa shape index (κ1) is 19.3. The van der Waals surface area contributed by atoms with Crippen molar-refractivity contribution in [3.05, 3.63) is 58.1 Å². The molecule has 9 nitrogen and oxygen atoms in total. The van der Waals surface area contributed by atoms with Crippen molar-refractivity contribution >= 4 is 40.5 Å². The fourth-order valence-corrected chi connectivity index (χ4v) is 4.00. The van der Waals surface area contributed by atoms with E-state index in [1.165, 1.54) is 17.5 Å². The molecule has 0 unspecified atom stereocenters. The highest BCUT2D eigenvalue weighted by molar-refractivity contribution is 7.71. The van der Waals surface area contributed by atoms with Gasteiger partial charge in [0.15, 0.2) is 9.90 Å². The summed E-state index contributed by atoms with van der Waals surface area (Å²) in [6.45, 7) is 2.75. The number of amides is 2. The number of ether oxygens (including phenoxy) is 1. The molecule has 3 heterocycles. The zero-order valence-corrected chi connectivity index (χ0v) is 16.9. The largest absolute Gasteiger partial charge is 0.378 e. The third-order valence-electron chi connectivity index (χ3n) is 4.32. The Hall–Kier alpha value is -3.02. The van der Waals surface area contributed by atoms with Crippen LogP contribution in [0.4, 0.5) is 5.13 Å². The van der Waals surface area contributed by atoms with Crippen molar-refractivity contribution < 1.29 is 14.3 Å². The molecule has 1 fully saturated rings. The second kappa shape index (κ2) is 8.55. The van der Waals surface area contributed by atoms with Gasteiger partial charge in [0, 0.05) is 30.4 Å². The van der Waals surface area contributed by atoms with Crippen molar-refractivity contribution in [1.82, 2.24) is 25.4 Å². The summed E-state index contributed by atoms with van der Waals surface area (Å²) in [5.41, 5.74) is 6.07. The Morgan fingerprint density at radius 2 is 1.86 bits per heavy atom. The minimum Gasteiger partial charge on any atom is -0.378 e.